The van der Waals surface area contributed by atoms with Gasteiger partial charge in [0, 0.05) is 13.3 Å². The standard InChI is InChI=1S/C14H19NO4/c1-11(16)15-12-7-4-5-8-13(12)19-10-6-2-3-9-14(17)18/h4-5,7-8H,2-3,6,9-10H2,1H3,(H,15,16)(H,17,18). The van der Waals surface area contributed by atoms with E-state index in [1.54, 1.807) is 12.1 Å². The third-order valence-corrected chi connectivity index (χ3v) is 2.49. The fraction of sp³-hybridized carbons (Fsp3) is 0.429. The molecular formula is C14H19NO4. The number of ether oxygens (including phenoxy) is 1. The minimum atomic E-state index is -0.767. The zero-order valence-corrected chi connectivity index (χ0v) is 11.0. The summed E-state index contributed by atoms with van der Waals surface area (Å²) >= 11 is 0. The van der Waals surface area contributed by atoms with Crippen LogP contribution in [0, 0.1) is 0 Å². The Morgan fingerprint density at radius 1 is 1.21 bits per heavy atom. The Hall–Kier alpha value is -2.04. The highest BCUT2D eigenvalue weighted by atomic mass is 16.5. The lowest BCUT2D eigenvalue weighted by Gasteiger charge is -2.11. The van der Waals surface area contributed by atoms with Crippen LogP contribution in [-0.4, -0.2) is 23.6 Å². The minimum absolute atomic E-state index is 0.141. The van der Waals surface area contributed by atoms with Crippen molar-refractivity contribution in [1.82, 2.24) is 0 Å². The van der Waals surface area contributed by atoms with Gasteiger partial charge in [-0.05, 0) is 31.4 Å². The smallest absolute Gasteiger partial charge is 0.303 e. The second-order valence-corrected chi connectivity index (χ2v) is 4.23. The van der Waals surface area contributed by atoms with Crippen LogP contribution in [-0.2, 0) is 9.59 Å². The summed E-state index contributed by atoms with van der Waals surface area (Å²) in [7, 11) is 0. The monoisotopic (exact) mass is 265 g/mol. The Kier molecular flexibility index (Phi) is 6.43. The molecule has 5 nitrogen and oxygen atoms in total. The maximum Gasteiger partial charge on any atom is 0.303 e. The van der Waals surface area contributed by atoms with Crippen molar-refractivity contribution >= 4 is 17.6 Å². The largest absolute Gasteiger partial charge is 0.491 e. The molecule has 0 saturated carbocycles. The summed E-state index contributed by atoms with van der Waals surface area (Å²) < 4.78 is 5.58. The van der Waals surface area contributed by atoms with Crippen molar-refractivity contribution in [2.75, 3.05) is 11.9 Å². The number of para-hydroxylation sites is 2. The molecule has 0 radical (unpaired) electrons. The molecule has 0 aliphatic carbocycles. The first-order valence-electron chi connectivity index (χ1n) is 6.31. The van der Waals surface area contributed by atoms with Crippen LogP contribution < -0.4 is 10.1 Å². The maximum atomic E-state index is 11.0. The molecule has 0 atom stereocenters. The fourth-order valence-electron chi connectivity index (χ4n) is 1.62. The van der Waals surface area contributed by atoms with Gasteiger partial charge in [0.15, 0.2) is 0 Å². The van der Waals surface area contributed by atoms with Crippen LogP contribution in [0.2, 0.25) is 0 Å². The summed E-state index contributed by atoms with van der Waals surface area (Å²) in [6.45, 7) is 1.96. The van der Waals surface area contributed by atoms with Gasteiger partial charge in [-0.2, -0.15) is 0 Å². The number of carbonyl (C=O) groups is 2. The summed E-state index contributed by atoms with van der Waals surface area (Å²) in [6, 6.07) is 7.24. The van der Waals surface area contributed by atoms with Crippen LogP contribution in [0.5, 0.6) is 5.75 Å². The summed E-state index contributed by atoms with van der Waals surface area (Å²) in [5.41, 5.74) is 0.653. The van der Waals surface area contributed by atoms with E-state index in [-0.39, 0.29) is 12.3 Å². The lowest BCUT2D eigenvalue weighted by Crippen LogP contribution is -2.08. The molecule has 0 saturated heterocycles. The van der Waals surface area contributed by atoms with Gasteiger partial charge in [-0.1, -0.05) is 12.1 Å². The van der Waals surface area contributed by atoms with Gasteiger partial charge in [0.05, 0.1) is 12.3 Å². The average molecular weight is 265 g/mol. The Morgan fingerprint density at radius 2 is 1.95 bits per heavy atom. The number of nitrogens with one attached hydrogen (secondary N) is 1. The molecule has 5 heteroatoms. The van der Waals surface area contributed by atoms with Gasteiger partial charge in [0.1, 0.15) is 5.75 Å². The number of carboxylic acids is 1. The van der Waals surface area contributed by atoms with Crippen molar-refractivity contribution in [2.24, 2.45) is 0 Å². The molecule has 1 amide bonds. The molecule has 0 aliphatic rings. The van der Waals surface area contributed by atoms with Crippen LogP contribution in [0.15, 0.2) is 24.3 Å². The van der Waals surface area contributed by atoms with Crippen molar-refractivity contribution in [3.05, 3.63) is 24.3 Å². The number of unbranched alkanes of at least 4 members (excludes halogenated alkanes) is 2. The number of hydrogen-bond acceptors (Lipinski definition) is 3. The van der Waals surface area contributed by atoms with E-state index < -0.39 is 5.97 Å². The van der Waals surface area contributed by atoms with E-state index in [0.29, 0.717) is 24.5 Å². The van der Waals surface area contributed by atoms with E-state index in [2.05, 4.69) is 5.32 Å². The number of hydrogen-bond donors (Lipinski definition) is 2. The van der Waals surface area contributed by atoms with E-state index in [1.165, 1.54) is 6.92 Å². The van der Waals surface area contributed by atoms with Crippen molar-refractivity contribution in [1.29, 1.82) is 0 Å². The highest BCUT2D eigenvalue weighted by Crippen LogP contribution is 2.23. The third kappa shape index (κ3) is 6.45. The van der Waals surface area contributed by atoms with Gasteiger partial charge in [0.2, 0.25) is 5.91 Å². The first-order valence-corrected chi connectivity index (χ1v) is 6.31. The number of anilines is 1. The molecule has 0 aromatic heterocycles. The lowest BCUT2D eigenvalue weighted by molar-refractivity contribution is -0.137. The van der Waals surface area contributed by atoms with Crippen LogP contribution in [0.25, 0.3) is 0 Å². The number of carbonyl (C=O) groups excluding carboxylic acids is 1. The predicted octanol–water partition coefficient (Wildman–Crippen LogP) is 2.67. The summed E-state index contributed by atoms with van der Waals surface area (Å²) in [5, 5.41) is 11.2. The number of aliphatic carboxylic acids is 1. The molecule has 1 aromatic carbocycles. The average Bonchev–Trinajstić information content (AvgIpc) is 2.34. The zero-order chi connectivity index (χ0) is 14.1. The van der Waals surface area contributed by atoms with Gasteiger partial charge in [-0.15, -0.1) is 0 Å². The topological polar surface area (TPSA) is 75.6 Å². The molecule has 0 aliphatic heterocycles. The molecular weight excluding hydrogens is 246 g/mol. The Labute approximate surface area is 112 Å². The zero-order valence-electron chi connectivity index (χ0n) is 11.0. The quantitative estimate of drug-likeness (QED) is 0.708. The van der Waals surface area contributed by atoms with Crippen molar-refractivity contribution < 1.29 is 19.4 Å². The molecule has 104 valence electrons. The molecule has 19 heavy (non-hydrogen) atoms. The van der Waals surface area contributed by atoms with E-state index in [4.69, 9.17) is 9.84 Å². The summed E-state index contributed by atoms with van der Waals surface area (Å²) in [5.74, 6) is -0.273. The number of carboxylic acid groups (broad SMARTS) is 1. The molecule has 1 rings (SSSR count). The lowest BCUT2D eigenvalue weighted by atomic mass is 10.2. The van der Waals surface area contributed by atoms with Crippen LogP contribution in [0.4, 0.5) is 5.69 Å². The fourth-order valence-corrected chi connectivity index (χ4v) is 1.62. The normalized spacial score (nSPS) is 9.95. The molecule has 1 aromatic rings. The van der Waals surface area contributed by atoms with Gasteiger partial charge in [-0.25, -0.2) is 0 Å². The van der Waals surface area contributed by atoms with Crippen LogP contribution >= 0.6 is 0 Å². The Morgan fingerprint density at radius 3 is 2.63 bits per heavy atom. The minimum Gasteiger partial charge on any atom is -0.491 e. The predicted molar refractivity (Wildman–Crippen MR) is 72.3 cm³/mol. The van der Waals surface area contributed by atoms with E-state index in [0.717, 1.165) is 12.8 Å². The van der Waals surface area contributed by atoms with Gasteiger partial charge < -0.3 is 15.2 Å². The number of benzene rings is 1. The Balaban J connectivity index is 2.32. The third-order valence-electron chi connectivity index (χ3n) is 2.49. The maximum absolute atomic E-state index is 11.0. The summed E-state index contributed by atoms with van der Waals surface area (Å²) in [6.07, 6.45) is 2.46. The van der Waals surface area contributed by atoms with Crippen molar-refractivity contribution in [2.45, 2.75) is 32.6 Å². The van der Waals surface area contributed by atoms with E-state index in [9.17, 15) is 9.59 Å². The van der Waals surface area contributed by atoms with Crippen LogP contribution in [0.1, 0.15) is 32.6 Å². The first kappa shape index (κ1) is 15.0. The molecule has 0 heterocycles. The first-order chi connectivity index (χ1) is 9.09. The van der Waals surface area contributed by atoms with Crippen molar-refractivity contribution in [3.8, 4) is 5.75 Å². The summed E-state index contributed by atoms with van der Waals surface area (Å²) in [4.78, 5) is 21.4. The molecule has 0 unspecified atom stereocenters. The van der Waals surface area contributed by atoms with Gasteiger partial charge in [-0.3, -0.25) is 9.59 Å². The van der Waals surface area contributed by atoms with Crippen LogP contribution in [0.3, 0.4) is 0 Å². The number of rotatable bonds is 8. The number of amides is 1. The van der Waals surface area contributed by atoms with Gasteiger partial charge in [0.25, 0.3) is 0 Å². The second kappa shape index (κ2) is 8.13. The Bertz CT molecular complexity index is 431. The highest BCUT2D eigenvalue weighted by Gasteiger charge is 2.04. The highest BCUT2D eigenvalue weighted by molar-refractivity contribution is 5.90. The molecule has 0 spiro atoms. The molecule has 2 N–H and O–H groups in total. The van der Waals surface area contributed by atoms with E-state index >= 15 is 0 Å². The van der Waals surface area contributed by atoms with E-state index in [1.807, 2.05) is 12.1 Å². The molecule has 0 bridgehead atoms. The van der Waals surface area contributed by atoms with Gasteiger partial charge >= 0.3 is 5.97 Å². The SMILES string of the molecule is CC(=O)Nc1ccccc1OCCCCCC(=O)O. The van der Waals surface area contributed by atoms with Crippen molar-refractivity contribution in [3.63, 3.8) is 0 Å². The second-order valence-electron chi connectivity index (χ2n) is 4.23. The molecule has 0 fully saturated rings.